The molecule has 0 aliphatic carbocycles. The molecule has 2 aromatic carbocycles. The topological polar surface area (TPSA) is 38.7 Å². The largest absolute Gasteiger partial charge is 0.249 e. The molecule has 4 aromatic rings. The van der Waals surface area contributed by atoms with Crippen molar-refractivity contribution < 1.29 is 0 Å². The minimum Gasteiger partial charge on any atom is -0.249 e. The standard InChI is InChI=1S/C22H15N3/c1-2-16-8-3-4-9-17(16)14-19-11-7-13-21(24-19)22-23-15-18-10-5-6-12-20(18)25-22/h1,3-13,15H,14H2. The van der Waals surface area contributed by atoms with Gasteiger partial charge in [0.05, 0.1) is 5.52 Å². The SMILES string of the molecule is C#Cc1ccccc1Cc1cccc(-c2ncc3ccccc3n2)n1. The third-order valence-electron chi connectivity index (χ3n) is 4.07. The van der Waals surface area contributed by atoms with E-state index in [0.717, 1.165) is 33.4 Å². The molecule has 0 N–H and O–H groups in total. The highest BCUT2D eigenvalue weighted by Gasteiger charge is 2.07. The van der Waals surface area contributed by atoms with Gasteiger partial charge >= 0.3 is 0 Å². The number of nitrogens with zero attached hydrogens (tertiary/aromatic N) is 3. The molecule has 3 nitrogen and oxygen atoms in total. The third kappa shape index (κ3) is 3.11. The second-order valence-corrected chi connectivity index (χ2v) is 5.74. The smallest absolute Gasteiger partial charge is 0.178 e. The second-order valence-electron chi connectivity index (χ2n) is 5.74. The van der Waals surface area contributed by atoms with Crippen LogP contribution in [-0.4, -0.2) is 15.0 Å². The molecule has 0 bridgehead atoms. The van der Waals surface area contributed by atoms with Gasteiger partial charge in [0, 0.05) is 29.3 Å². The summed E-state index contributed by atoms with van der Waals surface area (Å²) in [5, 5.41) is 1.02. The van der Waals surface area contributed by atoms with Gasteiger partial charge in [0.1, 0.15) is 5.69 Å². The van der Waals surface area contributed by atoms with E-state index in [1.807, 2.05) is 72.9 Å². The van der Waals surface area contributed by atoms with E-state index in [0.29, 0.717) is 12.2 Å². The molecule has 25 heavy (non-hydrogen) atoms. The summed E-state index contributed by atoms with van der Waals surface area (Å²) in [5.74, 6) is 3.36. The molecule has 0 spiro atoms. The molecular weight excluding hydrogens is 306 g/mol. The minimum absolute atomic E-state index is 0.630. The zero-order chi connectivity index (χ0) is 17.1. The van der Waals surface area contributed by atoms with Gasteiger partial charge in [-0.3, -0.25) is 0 Å². The summed E-state index contributed by atoms with van der Waals surface area (Å²) in [6, 6.07) is 21.8. The fourth-order valence-corrected chi connectivity index (χ4v) is 2.81. The van der Waals surface area contributed by atoms with Gasteiger partial charge < -0.3 is 0 Å². The summed E-state index contributed by atoms with van der Waals surface area (Å²) in [7, 11) is 0. The van der Waals surface area contributed by atoms with Gasteiger partial charge in [-0.05, 0) is 29.8 Å². The molecule has 118 valence electrons. The molecule has 0 amide bonds. The number of pyridine rings is 1. The van der Waals surface area contributed by atoms with Crippen molar-refractivity contribution in [2.24, 2.45) is 0 Å². The van der Waals surface area contributed by atoms with Crippen molar-refractivity contribution in [2.45, 2.75) is 6.42 Å². The summed E-state index contributed by atoms with van der Waals surface area (Å²) < 4.78 is 0. The van der Waals surface area contributed by atoms with Crippen LogP contribution in [0, 0.1) is 12.3 Å². The lowest BCUT2D eigenvalue weighted by Gasteiger charge is -2.06. The van der Waals surface area contributed by atoms with Gasteiger partial charge in [-0.15, -0.1) is 6.42 Å². The second kappa shape index (κ2) is 6.54. The first-order valence-corrected chi connectivity index (χ1v) is 8.06. The van der Waals surface area contributed by atoms with E-state index >= 15 is 0 Å². The summed E-state index contributed by atoms with van der Waals surface area (Å²) in [6.45, 7) is 0. The molecule has 0 radical (unpaired) electrons. The monoisotopic (exact) mass is 321 g/mol. The maximum Gasteiger partial charge on any atom is 0.178 e. The maximum atomic E-state index is 5.59. The van der Waals surface area contributed by atoms with E-state index < -0.39 is 0 Å². The van der Waals surface area contributed by atoms with Gasteiger partial charge in [0.2, 0.25) is 0 Å². The van der Waals surface area contributed by atoms with Crippen LogP contribution >= 0.6 is 0 Å². The average Bonchev–Trinajstić information content (AvgIpc) is 2.68. The normalized spacial score (nSPS) is 10.5. The van der Waals surface area contributed by atoms with Crippen LogP contribution in [0.25, 0.3) is 22.4 Å². The van der Waals surface area contributed by atoms with E-state index in [2.05, 4.69) is 15.9 Å². The lowest BCUT2D eigenvalue weighted by atomic mass is 10.0. The van der Waals surface area contributed by atoms with Gasteiger partial charge in [-0.25, -0.2) is 15.0 Å². The number of aromatic nitrogens is 3. The number of hydrogen-bond donors (Lipinski definition) is 0. The number of hydrogen-bond acceptors (Lipinski definition) is 3. The number of terminal acetylenes is 1. The Morgan fingerprint density at radius 1 is 0.840 bits per heavy atom. The molecule has 0 aliphatic heterocycles. The first-order valence-electron chi connectivity index (χ1n) is 8.06. The molecule has 4 rings (SSSR count). The molecule has 2 heterocycles. The van der Waals surface area contributed by atoms with Crippen molar-refractivity contribution in [1.82, 2.24) is 15.0 Å². The summed E-state index contributed by atoms with van der Waals surface area (Å²) in [6.07, 6.45) is 8.10. The predicted molar refractivity (Wildman–Crippen MR) is 100.0 cm³/mol. The van der Waals surface area contributed by atoms with Crippen LogP contribution in [0.1, 0.15) is 16.8 Å². The third-order valence-corrected chi connectivity index (χ3v) is 4.07. The van der Waals surface area contributed by atoms with Crippen molar-refractivity contribution in [3.8, 4) is 23.9 Å². The number of para-hydroxylation sites is 1. The zero-order valence-corrected chi connectivity index (χ0v) is 13.6. The maximum absolute atomic E-state index is 5.59. The van der Waals surface area contributed by atoms with Crippen molar-refractivity contribution in [2.75, 3.05) is 0 Å². The van der Waals surface area contributed by atoms with Gasteiger partial charge in [-0.1, -0.05) is 48.4 Å². The molecule has 0 unspecified atom stereocenters. The van der Waals surface area contributed by atoms with Gasteiger partial charge in [0.25, 0.3) is 0 Å². The zero-order valence-electron chi connectivity index (χ0n) is 13.6. The lowest BCUT2D eigenvalue weighted by Crippen LogP contribution is -1.98. The van der Waals surface area contributed by atoms with E-state index in [1.54, 1.807) is 0 Å². The van der Waals surface area contributed by atoms with Crippen LogP contribution in [0.5, 0.6) is 0 Å². The Balaban J connectivity index is 1.70. The van der Waals surface area contributed by atoms with Crippen LogP contribution in [0.15, 0.2) is 72.9 Å². The Morgan fingerprint density at radius 3 is 2.60 bits per heavy atom. The van der Waals surface area contributed by atoms with Crippen molar-refractivity contribution >= 4 is 10.9 Å². The predicted octanol–water partition coefficient (Wildman–Crippen LogP) is 4.26. The lowest BCUT2D eigenvalue weighted by molar-refractivity contribution is 1.06. The van der Waals surface area contributed by atoms with Crippen LogP contribution in [0.4, 0.5) is 0 Å². The molecule has 0 saturated carbocycles. The van der Waals surface area contributed by atoms with Gasteiger partial charge in [-0.2, -0.15) is 0 Å². The fourth-order valence-electron chi connectivity index (χ4n) is 2.81. The van der Waals surface area contributed by atoms with E-state index in [4.69, 9.17) is 11.4 Å². The molecule has 0 aliphatic rings. The summed E-state index contributed by atoms with van der Waals surface area (Å²) in [5.41, 5.74) is 4.61. The summed E-state index contributed by atoms with van der Waals surface area (Å²) in [4.78, 5) is 13.8. The van der Waals surface area contributed by atoms with Crippen LogP contribution in [-0.2, 0) is 6.42 Å². The molecule has 3 heteroatoms. The van der Waals surface area contributed by atoms with Crippen LogP contribution in [0.2, 0.25) is 0 Å². The van der Waals surface area contributed by atoms with Crippen LogP contribution < -0.4 is 0 Å². The highest BCUT2D eigenvalue weighted by atomic mass is 14.9. The van der Waals surface area contributed by atoms with Crippen molar-refractivity contribution in [1.29, 1.82) is 0 Å². The number of rotatable bonds is 3. The Kier molecular flexibility index (Phi) is 3.94. The quantitative estimate of drug-likeness (QED) is 0.529. The average molecular weight is 321 g/mol. The number of benzene rings is 2. The first kappa shape index (κ1) is 15.0. The molecule has 0 fully saturated rings. The van der Waals surface area contributed by atoms with Crippen LogP contribution in [0.3, 0.4) is 0 Å². The Morgan fingerprint density at radius 2 is 1.68 bits per heavy atom. The Bertz CT molecular complexity index is 1090. The van der Waals surface area contributed by atoms with Crippen molar-refractivity contribution in [3.05, 3.63) is 89.7 Å². The Labute approximate surface area is 146 Å². The van der Waals surface area contributed by atoms with Crippen molar-refractivity contribution in [3.63, 3.8) is 0 Å². The van der Waals surface area contributed by atoms with E-state index in [-0.39, 0.29) is 0 Å². The number of fused-ring (bicyclic) bond motifs is 1. The highest BCUT2D eigenvalue weighted by molar-refractivity contribution is 5.79. The molecule has 2 aromatic heterocycles. The van der Waals surface area contributed by atoms with E-state index in [9.17, 15) is 0 Å². The minimum atomic E-state index is 0.630. The fraction of sp³-hybridized carbons (Fsp3) is 0.0455. The Hall–Kier alpha value is -3.51. The molecule has 0 saturated heterocycles. The summed E-state index contributed by atoms with van der Waals surface area (Å²) >= 11 is 0. The highest BCUT2D eigenvalue weighted by Crippen LogP contribution is 2.18. The first-order chi connectivity index (χ1) is 12.3. The van der Waals surface area contributed by atoms with Gasteiger partial charge in [0.15, 0.2) is 5.82 Å². The molecule has 0 atom stereocenters. The molecular formula is C22H15N3. The van der Waals surface area contributed by atoms with E-state index in [1.165, 1.54) is 0 Å².